The van der Waals surface area contributed by atoms with Crippen molar-refractivity contribution in [1.29, 1.82) is 0 Å². The Morgan fingerprint density at radius 2 is 1.94 bits per heavy atom. The summed E-state index contributed by atoms with van der Waals surface area (Å²) < 4.78 is 29.5. The molecule has 0 aliphatic heterocycles. The molecule has 0 amide bonds. The van der Waals surface area contributed by atoms with Gasteiger partial charge < -0.3 is 4.74 Å². The summed E-state index contributed by atoms with van der Waals surface area (Å²) in [6.45, 7) is 2.54. The molecule has 1 rings (SSSR count). The monoisotopic (exact) mass is 248 g/mol. The van der Waals surface area contributed by atoms with E-state index in [0.717, 1.165) is 25.7 Å². The lowest BCUT2D eigenvalue weighted by atomic mass is 9.80. The third kappa shape index (κ3) is 5.46. The van der Waals surface area contributed by atoms with Crippen molar-refractivity contribution >= 4 is 5.97 Å². The molecule has 0 N–H and O–H groups in total. The van der Waals surface area contributed by atoms with Crippen molar-refractivity contribution in [1.82, 2.24) is 0 Å². The molecule has 0 radical (unpaired) electrons. The summed E-state index contributed by atoms with van der Waals surface area (Å²) in [5.74, 6) is -0.0931. The number of ether oxygens (including phenoxy) is 1. The lowest BCUT2D eigenvalue weighted by Crippen LogP contribution is -2.24. The van der Waals surface area contributed by atoms with E-state index in [0.29, 0.717) is 19.4 Å². The minimum Gasteiger partial charge on any atom is -0.465 e. The van der Waals surface area contributed by atoms with Gasteiger partial charge in [-0.15, -0.1) is 0 Å². The van der Waals surface area contributed by atoms with Gasteiger partial charge in [0.15, 0.2) is 0 Å². The molecule has 17 heavy (non-hydrogen) atoms. The smallest absolute Gasteiger partial charge is 0.308 e. The summed E-state index contributed by atoms with van der Waals surface area (Å²) in [7, 11) is 0. The average Bonchev–Trinajstić information content (AvgIpc) is 2.29. The highest BCUT2D eigenvalue weighted by Gasteiger charge is 2.28. The Labute approximate surface area is 102 Å². The maximum atomic E-state index is 12.2. The molecule has 0 spiro atoms. The van der Waals surface area contributed by atoms with Crippen LogP contribution in [0.5, 0.6) is 0 Å². The van der Waals surface area contributed by atoms with Gasteiger partial charge in [-0.1, -0.05) is 13.3 Å². The van der Waals surface area contributed by atoms with E-state index in [-0.39, 0.29) is 24.2 Å². The van der Waals surface area contributed by atoms with Gasteiger partial charge in [-0.3, -0.25) is 4.79 Å². The predicted molar refractivity (Wildman–Crippen MR) is 61.9 cm³/mol. The summed E-state index contributed by atoms with van der Waals surface area (Å²) in [6.07, 6.45) is 2.56. The Balaban J connectivity index is 2.19. The fraction of sp³-hybridized carbons (Fsp3) is 0.923. The number of halogens is 2. The molecule has 1 aliphatic carbocycles. The van der Waals surface area contributed by atoms with Crippen LogP contribution in [-0.4, -0.2) is 19.0 Å². The molecular weight excluding hydrogens is 226 g/mol. The van der Waals surface area contributed by atoms with Crippen molar-refractivity contribution in [2.24, 2.45) is 11.8 Å². The summed E-state index contributed by atoms with van der Waals surface area (Å²) in [4.78, 5) is 11.6. The lowest BCUT2D eigenvalue weighted by molar-refractivity contribution is -0.150. The number of hydrogen-bond donors (Lipinski definition) is 0. The van der Waals surface area contributed by atoms with Crippen LogP contribution in [0, 0.1) is 11.8 Å². The van der Waals surface area contributed by atoms with Crippen molar-refractivity contribution in [3.8, 4) is 0 Å². The molecule has 0 aromatic rings. The molecule has 1 saturated carbocycles. The quantitative estimate of drug-likeness (QED) is 0.528. The fourth-order valence-electron chi connectivity index (χ4n) is 2.32. The number of carbonyl (C=O) groups is 1. The van der Waals surface area contributed by atoms with Crippen LogP contribution < -0.4 is 0 Å². The van der Waals surface area contributed by atoms with E-state index < -0.39 is 6.43 Å². The summed E-state index contributed by atoms with van der Waals surface area (Å²) >= 11 is 0. The molecule has 0 aromatic heterocycles. The number of hydrogen-bond acceptors (Lipinski definition) is 2. The van der Waals surface area contributed by atoms with Crippen LogP contribution in [-0.2, 0) is 9.53 Å². The van der Waals surface area contributed by atoms with Crippen LogP contribution in [0.25, 0.3) is 0 Å². The van der Waals surface area contributed by atoms with Crippen molar-refractivity contribution in [3.63, 3.8) is 0 Å². The summed E-state index contributed by atoms with van der Waals surface area (Å²) in [5.41, 5.74) is 0. The van der Waals surface area contributed by atoms with Crippen LogP contribution >= 0.6 is 0 Å². The molecule has 0 atom stereocenters. The molecule has 100 valence electrons. The fourth-order valence-corrected chi connectivity index (χ4v) is 2.32. The zero-order valence-electron chi connectivity index (χ0n) is 10.5. The van der Waals surface area contributed by atoms with Crippen LogP contribution in [0.1, 0.15) is 51.9 Å². The number of esters is 1. The summed E-state index contributed by atoms with van der Waals surface area (Å²) in [6, 6.07) is 0. The third-order valence-electron chi connectivity index (χ3n) is 3.43. The summed E-state index contributed by atoms with van der Waals surface area (Å²) in [5, 5.41) is 0. The maximum Gasteiger partial charge on any atom is 0.308 e. The first kappa shape index (κ1) is 14.4. The number of unbranched alkanes of at least 4 members (excludes halogenated alkanes) is 1. The van der Waals surface area contributed by atoms with Crippen molar-refractivity contribution in [3.05, 3.63) is 0 Å². The second-order valence-electron chi connectivity index (χ2n) is 4.87. The Morgan fingerprint density at radius 1 is 1.29 bits per heavy atom. The molecule has 1 aliphatic rings. The lowest BCUT2D eigenvalue weighted by Gasteiger charge is -2.26. The van der Waals surface area contributed by atoms with Crippen molar-refractivity contribution in [2.45, 2.75) is 58.3 Å². The number of rotatable bonds is 6. The molecule has 2 nitrogen and oxygen atoms in total. The van der Waals surface area contributed by atoms with Gasteiger partial charge in [0.05, 0.1) is 12.5 Å². The molecule has 0 heterocycles. The van der Waals surface area contributed by atoms with Crippen LogP contribution in [0.15, 0.2) is 0 Å². The second-order valence-corrected chi connectivity index (χ2v) is 4.87. The van der Waals surface area contributed by atoms with Crippen LogP contribution in [0.3, 0.4) is 0 Å². The van der Waals surface area contributed by atoms with E-state index in [2.05, 4.69) is 0 Å². The molecule has 0 aromatic carbocycles. The normalized spacial score (nSPS) is 24.9. The number of alkyl halides is 2. The zero-order chi connectivity index (χ0) is 12.7. The van der Waals surface area contributed by atoms with Gasteiger partial charge in [0.2, 0.25) is 6.43 Å². The predicted octanol–water partition coefficient (Wildman–Crippen LogP) is 3.79. The van der Waals surface area contributed by atoms with E-state index in [1.807, 2.05) is 6.92 Å². The van der Waals surface area contributed by atoms with Crippen molar-refractivity contribution in [2.75, 3.05) is 6.61 Å². The topological polar surface area (TPSA) is 26.3 Å². The van der Waals surface area contributed by atoms with Gasteiger partial charge in [-0.05, 0) is 38.0 Å². The Hall–Kier alpha value is -0.670. The van der Waals surface area contributed by atoms with Gasteiger partial charge in [0.25, 0.3) is 0 Å². The highest BCUT2D eigenvalue weighted by Crippen LogP contribution is 2.32. The minimum atomic E-state index is -2.21. The first-order chi connectivity index (χ1) is 8.13. The first-order valence-electron chi connectivity index (χ1n) is 6.58. The highest BCUT2D eigenvalue weighted by molar-refractivity contribution is 5.72. The van der Waals surface area contributed by atoms with E-state index in [9.17, 15) is 13.6 Å². The Bertz CT molecular complexity index is 223. The van der Waals surface area contributed by atoms with Gasteiger partial charge in [0.1, 0.15) is 0 Å². The van der Waals surface area contributed by atoms with Crippen molar-refractivity contribution < 1.29 is 18.3 Å². The Morgan fingerprint density at radius 3 is 2.47 bits per heavy atom. The van der Waals surface area contributed by atoms with Gasteiger partial charge >= 0.3 is 5.97 Å². The second kappa shape index (κ2) is 7.62. The first-order valence-corrected chi connectivity index (χ1v) is 6.58. The molecule has 1 fully saturated rings. The van der Waals surface area contributed by atoms with E-state index in [4.69, 9.17) is 4.74 Å². The molecular formula is C13H22F2O2. The molecule has 0 unspecified atom stereocenters. The largest absolute Gasteiger partial charge is 0.465 e. The zero-order valence-corrected chi connectivity index (χ0v) is 10.5. The molecule has 4 heteroatoms. The highest BCUT2D eigenvalue weighted by atomic mass is 19.3. The van der Waals surface area contributed by atoms with Gasteiger partial charge in [-0.25, -0.2) is 8.78 Å². The standard InChI is InChI=1S/C13H22F2O2/c1-2-3-8-17-13(16)11-6-4-10(5-7-11)9-12(14)15/h10-12H,2-9H2,1H3. The van der Waals surface area contributed by atoms with E-state index in [1.54, 1.807) is 0 Å². The van der Waals surface area contributed by atoms with E-state index in [1.165, 1.54) is 0 Å². The average molecular weight is 248 g/mol. The molecule has 0 saturated heterocycles. The van der Waals surface area contributed by atoms with Crippen LogP contribution in [0.2, 0.25) is 0 Å². The van der Waals surface area contributed by atoms with Gasteiger partial charge in [-0.2, -0.15) is 0 Å². The SMILES string of the molecule is CCCCOC(=O)C1CCC(CC(F)F)CC1. The Kier molecular flexibility index (Phi) is 6.45. The molecule has 0 bridgehead atoms. The maximum absolute atomic E-state index is 12.2. The van der Waals surface area contributed by atoms with Gasteiger partial charge in [0, 0.05) is 6.42 Å². The third-order valence-corrected chi connectivity index (χ3v) is 3.43. The van der Waals surface area contributed by atoms with E-state index >= 15 is 0 Å². The minimum absolute atomic E-state index is 0.0163. The number of carbonyl (C=O) groups excluding carboxylic acids is 1. The van der Waals surface area contributed by atoms with Crippen LogP contribution in [0.4, 0.5) is 8.78 Å².